The molecule has 3 rings (SSSR count). The first-order valence-corrected chi connectivity index (χ1v) is 7.78. The van der Waals surface area contributed by atoms with Gasteiger partial charge >= 0.3 is 0 Å². The van der Waals surface area contributed by atoms with Crippen molar-refractivity contribution in [1.29, 1.82) is 5.26 Å². The number of likely N-dealkylation sites (tertiary alicyclic amines) is 1. The van der Waals surface area contributed by atoms with E-state index in [0.717, 1.165) is 0 Å². The van der Waals surface area contributed by atoms with Crippen molar-refractivity contribution < 1.29 is 13.9 Å². The van der Waals surface area contributed by atoms with Crippen LogP contribution in [0.5, 0.6) is 5.88 Å². The first-order chi connectivity index (χ1) is 11.8. The fraction of sp³-hybridized carbons (Fsp3) is 0.278. The molecule has 3 heterocycles. The molecule has 0 saturated carbocycles. The second kappa shape index (κ2) is 7.47. The highest BCUT2D eigenvalue weighted by Gasteiger charge is 2.23. The minimum absolute atomic E-state index is 0.0369. The summed E-state index contributed by atoms with van der Waals surface area (Å²) in [6.07, 6.45) is 7.74. The summed E-state index contributed by atoms with van der Waals surface area (Å²) < 4.78 is 11.0. The van der Waals surface area contributed by atoms with E-state index in [-0.39, 0.29) is 12.0 Å². The van der Waals surface area contributed by atoms with E-state index >= 15 is 0 Å². The van der Waals surface area contributed by atoms with Crippen LogP contribution in [-0.2, 0) is 4.79 Å². The average Bonchev–Trinajstić information content (AvgIpc) is 3.14. The molecule has 0 aliphatic carbocycles. The summed E-state index contributed by atoms with van der Waals surface area (Å²) in [6, 6.07) is 9.03. The summed E-state index contributed by atoms with van der Waals surface area (Å²) >= 11 is 0. The van der Waals surface area contributed by atoms with E-state index in [1.165, 1.54) is 6.08 Å². The van der Waals surface area contributed by atoms with Crippen LogP contribution in [0.1, 0.15) is 24.2 Å². The molecule has 0 aromatic carbocycles. The number of piperidine rings is 1. The van der Waals surface area contributed by atoms with E-state index in [2.05, 4.69) is 11.1 Å². The number of hydrogen-bond acceptors (Lipinski definition) is 5. The highest BCUT2D eigenvalue weighted by molar-refractivity contribution is 5.91. The number of amides is 1. The SMILES string of the molecule is N#Cc1cccnc1OC1CCN(C(=O)/C=C/c2ccco2)CC1. The highest BCUT2D eigenvalue weighted by Crippen LogP contribution is 2.20. The van der Waals surface area contributed by atoms with Gasteiger partial charge in [-0.15, -0.1) is 0 Å². The van der Waals surface area contributed by atoms with Gasteiger partial charge in [0.25, 0.3) is 0 Å². The van der Waals surface area contributed by atoms with Gasteiger partial charge < -0.3 is 14.1 Å². The van der Waals surface area contributed by atoms with Crippen LogP contribution in [0.3, 0.4) is 0 Å². The largest absolute Gasteiger partial charge is 0.473 e. The van der Waals surface area contributed by atoms with E-state index in [1.807, 2.05) is 0 Å². The Hall–Kier alpha value is -3.07. The summed E-state index contributed by atoms with van der Waals surface area (Å²) in [6.45, 7) is 1.22. The van der Waals surface area contributed by atoms with Crippen LogP contribution >= 0.6 is 0 Å². The maximum Gasteiger partial charge on any atom is 0.246 e. The van der Waals surface area contributed by atoms with Crippen molar-refractivity contribution in [2.45, 2.75) is 18.9 Å². The quantitative estimate of drug-likeness (QED) is 0.808. The number of hydrogen-bond donors (Lipinski definition) is 0. The van der Waals surface area contributed by atoms with Crippen molar-refractivity contribution >= 4 is 12.0 Å². The normalized spacial score (nSPS) is 15.4. The van der Waals surface area contributed by atoms with Gasteiger partial charge in [0.1, 0.15) is 23.5 Å². The van der Waals surface area contributed by atoms with E-state index < -0.39 is 0 Å². The Morgan fingerprint density at radius 2 is 2.21 bits per heavy atom. The maximum absolute atomic E-state index is 12.2. The molecule has 0 spiro atoms. The van der Waals surface area contributed by atoms with Crippen molar-refractivity contribution in [3.63, 3.8) is 0 Å². The summed E-state index contributed by atoms with van der Waals surface area (Å²) in [5.41, 5.74) is 0.428. The minimum atomic E-state index is -0.0413. The molecule has 1 fully saturated rings. The Labute approximate surface area is 140 Å². The minimum Gasteiger partial charge on any atom is -0.473 e. The lowest BCUT2D eigenvalue weighted by Crippen LogP contribution is -2.41. The fourth-order valence-corrected chi connectivity index (χ4v) is 2.57. The lowest BCUT2D eigenvalue weighted by Gasteiger charge is -2.31. The third kappa shape index (κ3) is 3.82. The number of furan rings is 1. The fourth-order valence-electron chi connectivity index (χ4n) is 2.57. The Bertz CT molecular complexity index is 754. The molecule has 122 valence electrons. The van der Waals surface area contributed by atoms with Crippen molar-refractivity contribution in [3.05, 3.63) is 54.1 Å². The number of nitriles is 1. The predicted octanol–water partition coefficient (Wildman–Crippen LogP) is 2.63. The van der Waals surface area contributed by atoms with Crippen LogP contribution in [0.4, 0.5) is 0 Å². The Morgan fingerprint density at radius 1 is 1.38 bits per heavy atom. The third-order valence-electron chi connectivity index (χ3n) is 3.86. The Balaban J connectivity index is 1.52. The van der Waals surface area contributed by atoms with Crippen LogP contribution in [-0.4, -0.2) is 35.0 Å². The molecule has 1 saturated heterocycles. The molecule has 24 heavy (non-hydrogen) atoms. The molecular formula is C18H17N3O3. The zero-order chi connectivity index (χ0) is 16.8. The lowest BCUT2D eigenvalue weighted by molar-refractivity contribution is -0.127. The van der Waals surface area contributed by atoms with Gasteiger partial charge in [-0.05, 0) is 30.3 Å². The molecule has 6 heteroatoms. The standard InChI is InChI=1S/C18H17N3O3/c19-13-14-3-1-9-20-18(14)24-16-7-10-21(11-8-16)17(22)6-5-15-4-2-12-23-15/h1-6,9,12,16H,7-8,10-11H2/b6-5+. The van der Waals surface area contributed by atoms with E-state index in [9.17, 15) is 4.79 Å². The van der Waals surface area contributed by atoms with Crippen molar-refractivity contribution in [3.8, 4) is 11.9 Å². The summed E-state index contributed by atoms with van der Waals surface area (Å²) in [7, 11) is 0. The Kier molecular flexibility index (Phi) is 4.92. The van der Waals surface area contributed by atoms with Crippen LogP contribution in [0.15, 0.2) is 47.2 Å². The lowest BCUT2D eigenvalue weighted by atomic mass is 10.1. The average molecular weight is 323 g/mol. The van der Waals surface area contributed by atoms with Gasteiger partial charge in [-0.3, -0.25) is 4.79 Å². The molecule has 0 atom stereocenters. The second-order valence-corrected chi connectivity index (χ2v) is 5.46. The van der Waals surface area contributed by atoms with Crippen LogP contribution in [0.25, 0.3) is 6.08 Å². The van der Waals surface area contributed by atoms with Crippen LogP contribution in [0, 0.1) is 11.3 Å². The predicted molar refractivity (Wildman–Crippen MR) is 86.9 cm³/mol. The van der Waals surface area contributed by atoms with E-state index in [4.69, 9.17) is 14.4 Å². The molecule has 1 amide bonds. The van der Waals surface area contributed by atoms with Gasteiger partial charge in [-0.25, -0.2) is 4.98 Å². The van der Waals surface area contributed by atoms with Crippen molar-refractivity contribution in [2.75, 3.05) is 13.1 Å². The van der Waals surface area contributed by atoms with Gasteiger partial charge in [-0.2, -0.15) is 5.26 Å². The number of carbonyl (C=O) groups excluding carboxylic acids is 1. The molecule has 6 nitrogen and oxygen atoms in total. The van der Waals surface area contributed by atoms with Crippen molar-refractivity contribution in [1.82, 2.24) is 9.88 Å². The third-order valence-corrected chi connectivity index (χ3v) is 3.86. The van der Waals surface area contributed by atoms with Gasteiger partial charge in [-0.1, -0.05) is 0 Å². The van der Waals surface area contributed by atoms with Crippen LogP contribution in [0.2, 0.25) is 0 Å². The second-order valence-electron chi connectivity index (χ2n) is 5.46. The molecule has 0 unspecified atom stereocenters. The molecule has 0 radical (unpaired) electrons. The van der Waals surface area contributed by atoms with E-state index in [1.54, 1.807) is 47.7 Å². The molecule has 0 bridgehead atoms. The van der Waals surface area contributed by atoms with Crippen molar-refractivity contribution in [2.24, 2.45) is 0 Å². The number of rotatable bonds is 4. The van der Waals surface area contributed by atoms with Gasteiger partial charge in [0.15, 0.2) is 0 Å². The molecule has 2 aromatic heterocycles. The number of aromatic nitrogens is 1. The number of pyridine rings is 1. The molecule has 1 aliphatic heterocycles. The highest BCUT2D eigenvalue weighted by atomic mass is 16.5. The number of ether oxygens (including phenoxy) is 1. The smallest absolute Gasteiger partial charge is 0.246 e. The molecule has 0 N–H and O–H groups in total. The van der Waals surface area contributed by atoms with Gasteiger partial charge in [0.2, 0.25) is 11.8 Å². The maximum atomic E-state index is 12.2. The van der Waals surface area contributed by atoms with Crippen LogP contribution < -0.4 is 4.74 Å². The summed E-state index contributed by atoms with van der Waals surface area (Å²) in [5.74, 6) is 0.976. The zero-order valence-corrected chi connectivity index (χ0v) is 13.1. The summed E-state index contributed by atoms with van der Waals surface area (Å²) in [5, 5.41) is 9.06. The van der Waals surface area contributed by atoms with E-state index in [0.29, 0.717) is 43.1 Å². The first kappa shape index (κ1) is 15.8. The monoisotopic (exact) mass is 323 g/mol. The number of carbonyl (C=O) groups is 1. The molecule has 2 aromatic rings. The van der Waals surface area contributed by atoms with Gasteiger partial charge in [0.05, 0.1) is 6.26 Å². The zero-order valence-electron chi connectivity index (χ0n) is 13.1. The molecule has 1 aliphatic rings. The molecular weight excluding hydrogens is 306 g/mol. The van der Waals surface area contributed by atoms with Gasteiger partial charge in [0, 0.05) is 38.2 Å². The topological polar surface area (TPSA) is 79.4 Å². The number of nitrogens with zero attached hydrogens (tertiary/aromatic N) is 3. The summed E-state index contributed by atoms with van der Waals surface area (Å²) in [4.78, 5) is 18.0. The Morgan fingerprint density at radius 3 is 2.92 bits per heavy atom. The first-order valence-electron chi connectivity index (χ1n) is 7.78.